The number of likely N-dealkylation sites (tertiary alicyclic amines) is 1. The Kier molecular flexibility index (Phi) is 5.96. The van der Waals surface area contributed by atoms with E-state index < -0.39 is 5.54 Å². The number of piperidine rings is 1. The molecule has 1 unspecified atom stereocenters. The zero-order valence-corrected chi connectivity index (χ0v) is 17.4. The minimum Gasteiger partial charge on any atom is -0.370 e. The first-order valence-electron chi connectivity index (χ1n) is 10.6. The molecule has 0 aliphatic carbocycles. The summed E-state index contributed by atoms with van der Waals surface area (Å²) in [6.07, 6.45) is 3.61. The van der Waals surface area contributed by atoms with E-state index in [4.69, 9.17) is 4.74 Å². The molecule has 2 aliphatic rings. The highest BCUT2D eigenvalue weighted by Gasteiger charge is 2.41. The molecule has 2 aliphatic heterocycles. The summed E-state index contributed by atoms with van der Waals surface area (Å²) >= 11 is 0. The van der Waals surface area contributed by atoms with Gasteiger partial charge in [0.25, 0.3) is 0 Å². The van der Waals surface area contributed by atoms with Crippen molar-refractivity contribution in [1.29, 1.82) is 0 Å². The largest absolute Gasteiger partial charge is 0.370 e. The molecule has 4 rings (SSSR count). The van der Waals surface area contributed by atoms with Gasteiger partial charge in [-0.15, -0.1) is 10.2 Å². The highest BCUT2D eigenvalue weighted by atomic mass is 16.5. The fraction of sp³-hybridized carbons (Fsp3) is 0.591. The molecule has 7 nitrogen and oxygen atoms in total. The third-order valence-corrected chi connectivity index (χ3v) is 6.28. The lowest BCUT2D eigenvalue weighted by atomic mass is 9.90. The Hall–Kier alpha value is -2.25. The van der Waals surface area contributed by atoms with Crippen molar-refractivity contribution in [3.63, 3.8) is 0 Å². The van der Waals surface area contributed by atoms with E-state index in [1.54, 1.807) is 0 Å². The summed E-state index contributed by atoms with van der Waals surface area (Å²) in [6.45, 7) is 8.26. The van der Waals surface area contributed by atoms with Crippen LogP contribution in [0.2, 0.25) is 0 Å². The topological polar surface area (TPSA) is 72.3 Å². The third kappa shape index (κ3) is 4.36. The maximum absolute atomic E-state index is 12.9. The van der Waals surface area contributed by atoms with Gasteiger partial charge in [-0.3, -0.25) is 9.36 Å². The van der Waals surface area contributed by atoms with Crippen molar-refractivity contribution >= 4 is 5.91 Å². The van der Waals surface area contributed by atoms with Gasteiger partial charge in [0.05, 0.1) is 6.61 Å². The standard InChI is InChI=1S/C22H31N5O2/c1-17-24-25-20-15-29-16-22(2,27(17)20)21(28)23-10-13-26-11-8-19(9-12-26)14-18-6-4-3-5-7-18/h3-7,19H,8-16H2,1-2H3,(H,23,28). The van der Waals surface area contributed by atoms with E-state index in [2.05, 4.69) is 50.7 Å². The van der Waals surface area contributed by atoms with Crippen LogP contribution in [0.15, 0.2) is 30.3 Å². The predicted molar refractivity (Wildman–Crippen MR) is 110 cm³/mol. The number of ether oxygens (including phenoxy) is 1. The van der Waals surface area contributed by atoms with Crippen LogP contribution >= 0.6 is 0 Å². The predicted octanol–water partition coefficient (Wildman–Crippen LogP) is 1.90. The molecule has 156 valence electrons. The van der Waals surface area contributed by atoms with Crippen molar-refractivity contribution in [3.8, 4) is 0 Å². The van der Waals surface area contributed by atoms with Gasteiger partial charge in [0.1, 0.15) is 18.0 Å². The number of aromatic nitrogens is 3. The van der Waals surface area contributed by atoms with Crippen molar-refractivity contribution in [2.45, 2.75) is 45.3 Å². The van der Waals surface area contributed by atoms with Gasteiger partial charge in [0, 0.05) is 13.1 Å². The van der Waals surface area contributed by atoms with Crippen LogP contribution in [-0.4, -0.2) is 58.4 Å². The smallest absolute Gasteiger partial charge is 0.248 e. The molecule has 0 radical (unpaired) electrons. The number of fused-ring (bicyclic) bond motifs is 1. The quantitative estimate of drug-likeness (QED) is 0.806. The second kappa shape index (κ2) is 8.63. The first kappa shape index (κ1) is 20.0. The maximum atomic E-state index is 12.9. The minimum atomic E-state index is -0.788. The van der Waals surface area contributed by atoms with Gasteiger partial charge in [0.2, 0.25) is 5.91 Å². The number of hydrogen-bond acceptors (Lipinski definition) is 5. The number of carbonyl (C=O) groups is 1. The van der Waals surface area contributed by atoms with E-state index in [0.29, 0.717) is 25.6 Å². The van der Waals surface area contributed by atoms with Gasteiger partial charge in [-0.1, -0.05) is 30.3 Å². The lowest BCUT2D eigenvalue weighted by Gasteiger charge is -2.35. The molecular formula is C22H31N5O2. The summed E-state index contributed by atoms with van der Waals surface area (Å²) in [5.41, 5.74) is 0.647. The van der Waals surface area contributed by atoms with E-state index in [9.17, 15) is 4.79 Å². The highest BCUT2D eigenvalue weighted by molar-refractivity contribution is 5.84. The van der Waals surface area contributed by atoms with Crippen molar-refractivity contribution in [1.82, 2.24) is 25.0 Å². The molecule has 1 N–H and O–H groups in total. The summed E-state index contributed by atoms with van der Waals surface area (Å²) in [4.78, 5) is 15.4. The fourth-order valence-corrected chi connectivity index (χ4v) is 4.59. The molecule has 7 heteroatoms. The van der Waals surface area contributed by atoms with Crippen molar-refractivity contribution < 1.29 is 9.53 Å². The Balaban J connectivity index is 1.23. The highest BCUT2D eigenvalue weighted by Crippen LogP contribution is 2.26. The number of nitrogens with one attached hydrogen (secondary N) is 1. The molecule has 1 saturated heterocycles. The zero-order valence-electron chi connectivity index (χ0n) is 17.4. The first-order chi connectivity index (χ1) is 14.1. The Morgan fingerprint density at radius 1 is 1.24 bits per heavy atom. The van der Waals surface area contributed by atoms with E-state index in [-0.39, 0.29) is 5.91 Å². The van der Waals surface area contributed by atoms with Gasteiger partial charge < -0.3 is 15.0 Å². The second-order valence-electron chi connectivity index (χ2n) is 8.50. The van der Waals surface area contributed by atoms with E-state index in [0.717, 1.165) is 31.4 Å². The van der Waals surface area contributed by atoms with Crippen molar-refractivity contribution in [2.75, 3.05) is 32.8 Å². The second-order valence-corrected chi connectivity index (χ2v) is 8.50. The maximum Gasteiger partial charge on any atom is 0.248 e. The molecule has 0 saturated carbocycles. The molecule has 1 aromatic heterocycles. The molecular weight excluding hydrogens is 366 g/mol. The molecule has 2 aromatic rings. The van der Waals surface area contributed by atoms with Crippen LogP contribution in [0.3, 0.4) is 0 Å². The number of carbonyl (C=O) groups excluding carboxylic acids is 1. The number of amides is 1. The summed E-state index contributed by atoms with van der Waals surface area (Å²) < 4.78 is 7.53. The number of rotatable bonds is 6. The number of aryl methyl sites for hydroxylation is 1. The molecule has 0 bridgehead atoms. The molecule has 3 heterocycles. The van der Waals surface area contributed by atoms with Crippen molar-refractivity contribution in [3.05, 3.63) is 47.5 Å². The van der Waals surface area contributed by atoms with Gasteiger partial charge in [-0.05, 0) is 57.7 Å². The fourth-order valence-electron chi connectivity index (χ4n) is 4.59. The number of benzene rings is 1. The van der Waals surface area contributed by atoms with Crippen LogP contribution in [0.5, 0.6) is 0 Å². The first-order valence-corrected chi connectivity index (χ1v) is 10.6. The molecule has 1 aromatic carbocycles. The Bertz CT molecular complexity index is 829. The lowest BCUT2D eigenvalue weighted by molar-refractivity contribution is -0.135. The summed E-state index contributed by atoms with van der Waals surface area (Å²) in [6, 6.07) is 10.8. The van der Waals surface area contributed by atoms with Crippen LogP contribution in [0, 0.1) is 12.8 Å². The summed E-state index contributed by atoms with van der Waals surface area (Å²) in [7, 11) is 0. The molecule has 1 fully saturated rings. The van der Waals surface area contributed by atoms with E-state index in [1.807, 2.05) is 18.4 Å². The SMILES string of the molecule is Cc1nnc2n1C(C)(C(=O)NCCN1CCC(Cc3ccccc3)CC1)COC2. The third-order valence-electron chi connectivity index (χ3n) is 6.28. The van der Waals surface area contributed by atoms with Crippen molar-refractivity contribution in [2.24, 2.45) is 5.92 Å². The number of hydrogen-bond donors (Lipinski definition) is 1. The average Bonchev–Trinajstić information content (AvgIpc) is 3.12. The van der Waals surface area contributed by atoms with Crippen LogP contribution in [0.25, 0.3) is 0 Å². The molecule has 29 heavy (non-hydrogen) atoms. The van der Waals surface area contributed by atoms with Gasteiger partial charge in [0.15, 0.2) is 5.82 Å². The van der Waals surface area contributed by atoms with Crippen LogP contribution < -0.4 is 5.32 Å². The molecule has 1 amide bonds. The summed E-state index contributed by atoms with van der Waals surface area (Å²) in [5, 5.41) is 11.3. The van der Waals surface area contributed by atoms with E-state index in [1.165, 1.54) is 24.8 Å². The molecule has 1 atom stereocenters. The Morgan fingerprint density at radius 2 is 2.00 bits per heavy atom. The summed E-state index contributed by atoms with van der Waals surface area (Å²) in [5.74, 6) is 2.20. The number of nitrogens with zero attached hydrogens (tertiary/aromatic N) is 4. The van der Waals surface area contributed by atoms with E-state index >= 15 is 0 Å². The molecule has 0 spiro atoms. The normalized spacial score (nSPS) is 23.0. The average molecular weight is 398 g/mol. The van der Waals surface area contributed by atoms with Crippen LogP contribution in [0.1, 0.15) is 37.0 Å². The van der Waals surface area contributed by atoms with Gasteiger partial charge in [-0.25, -0.2) is 0 Å². The minimum absolute atomic E-state index is 0.0275. The van der Waals surface area contributed by atoms with Gasteiger partial charge in [-0.2, -0.15) is 0 Å². The van der Waals surface area contributed by atoms with Crippen LogP contribution in [0.4, 0.5) is 0 Å². The zero-order chi connectivity index (χ0) is 20.3. The Morgan fingerprint density at radius 3 is 2.76 bits per heavy atom. The van der Waals surface area contributed by atoms with Crippen LogP contribution in [-0.2, 0) is 28.1 Å². The van der Waals surface area contributed by atoms with Gasteiger partial charge >= 0.3 is 0 Å². The monoisotopic (exact) mass is 397 g/mol. The lowest BCUT2D eigenvalue weighted by Crippen LogP contribution is -2.54. The Labute approximate surface area is 172 Å².